The average Bonchev–Trinajstić information content (AvgIpc) is 3.68. The fraction of sp³-hybridized carbons (Fsp3) is 0.267. The molecule has 1 N–H and O–H groups in total. The van der Waals surface area contributed by atoms with Crippen molar-refractivity contribution < 1.29 is 27.2 Å². The number of halogens is 4. The van der Waals surface area contributed by atoms with E-state index in [0.29, 0.717) is 5.56 Å². The number of carbonyl (C=O) groups is 2. The highest BCUT2D eigenvalue weighted by molar-refractivity contribution is 5.85. The van der Waals surface area contributed by atoms with Gasteiger partial charge in [-0.15, -0.1) is 0 Å². The summed E-state index contributed by atoms with van der Waals surface area (Å²) in [5.74, 6) is -0.779. The predicted octanol–water partition coefficient (Wildman–Crippen LogP) is 6.05. The summed E-state index contributed by atoms with van der Waals surface area (Å²) >= 11 is 0. The first-order valence-electron chi connectivity index (χ1n) is 12.7. The Kier molecular flexibility index (Phi) is 7.41. The second kappa shape index (κ2) is 10.9. The molecule has 9 heteroatoms. The van der Waals surface area contributed by atoms with E-state index in [4.69, 9.17) is 0 Å². The van der Waals surface area contributed by atoms with Crippen molar-refractivity contribution in [2.75, 3.05) is 13.1 Å². The Morgan fingerprint density at radius 2 is 1.64 bits per heavy atom. The van der Waals surface area contributed by atoms with E-state index in [-0.39, 0.29) is 37.2 Å². The normalized spacial score (nSPS) is 22.2. The number of carbonyl (C=O) groups excluding carboxylic acids is 2. The van der Waals surface area contributed by atoms with Gasteiger partial charge in [-0.25, -0.2) is 9.18 Å². The van der Waals surface area contributed by atoms with Crippen molar-refractivity contribution >= 4 is 11.9 Å². The zero-order chi connectivity index (χ0) is 27.6. The summed E-state index contributed by atoms with van der Waals surface area (Å²) in [5.41, 5.74) is 0.765. The first-order valence-corrected chi connectivity index (χ1v) is 12.7. The van der Waals surface area contributed by atoms with Gasteiger partial charge in [0, 0.05) is 25.0 Å². The largest absolute Gasteiger partial charge is 0.416 e. The monoisotopic (exact) mass is 537 g/mol. The Morgan fingerprint density at radius 1 is 0.949 bits per heavy atom. The molecule has 0 radical (unpaired) electrons. The minimum Gasteiger partial charge on any atom is -0.335 e. The smallest absolute Gasteiger partial charge is 0.335 e. The zero-order valence-corrected chi connectivity index (χ0v) is 20.9. The van der Waals surface area contributed by atoms with Gasteiger partial charge in [0.1, 0.15) is 12.4 Å². The molecule has 3 aromatic carbocycles. The van der Waals surface area contributed by atoms with E-state index in [1.807, 2.05) is 30.3 Å². The van der Waals surface area contributed by atoms with Crippen LogP contribution in [0.1, 0.15) is 40.6 Å². The minimum absolute atomic E-state index is 0.0499. The minimum atomic E-state index is -4.62. The molecule has 1 aliphatic carbocycles. The summed E-state index contributed by atoms with van der Waals surface area (Å²) in [6.45, 7) is -0.311. The summed E-state index contributed by atoms with van der Waals surface area (Å²) in [7, 11) is 0. The summed E-state index contributed by atoms with van der Waals surface area (Å²) in [6, 6.07) is 18.9. The molecule has 3 amide bonds. The van der Waals surface area contributed by atoms with E-state index >= 15 is 0 Å². The van der Waals surface area contributed by atoms with Crippen LogP contribution >= 0.6 is 0 Å². The Hall–Kier alpha value is -4.14. The number of amides is 3. The fourth-order valence-corrected chi connectivity index (χ4v) is 4.98. The molecule has 0 bridgehead atoms. The van der Waals surface area contributed by atoms with Crippen molar-refractivity contribution in [1.29, 1.82) is 0 Å². The van der Waals surface area contributed by atoms with Crippen LogP contribution in [0.2, 0.25) is 0 Å². The Balaban J connectivity index is 1.40. The third-order valence-electron chi connectivity index (χ3n) is 7.09. The predicted molar refractivity (Wildman–Crippen MR) is 138 cm³/mol. The molecule has 5 rings (SSSR count). The molecule has 0 aromatic heterocycles. The third-order valence-corrected chi connectivity index (χ3v) is 7.09. The van der Waals surface area contributed by atoms with Gasteiger partial charge in [0.2, 0.25) is 5.91 Å². The van der Waals surface area contributed by atoms with Crippen molar-refractivity contribution in [2.24, 2.45) is 0 Å². The Bertz CT molecular complexity index is 1360. The molecule has 1 fully saturated rings. The molecule has 0 spiro atoms. The maximum atomic E-state index is 13.9. The molecule has 202 valence electrons. The SMILES string of the molecule is O=C(NC1C[C@@H]1c1ccccc1)N1C/C=C\[C@H](c2ccccc2C(F)(F)F)N(Cc2ccc(F)cc2)C(=O)C1. The quantitative estimate of drug-likeness (QED) is 0.318. The van der Waals surface area contributed by atoms with Crippen molar-refractivity contribution in [3.8, 4) is 0 Å². The molecule has 3 aromatic rings. The van der Waals surface area contributed by atoms with Crippen LogP contribution in [-0.2, 0) is 17.5 Å². The standard InChI is InChI=1S/C30H27F4N3O2/c31-22-14-12-20(13-15-22)18-37-27(23-9-4-5-10-25(23)30(32,33)34)11-6-16-36(19-28(37)38)29(39)35-26-17-24(26)21-7-2-1-3-8-21/h1-15,24,26-27H,16-19H2,(H,35,39)/b11-6-/t24-,26?,27-/m1/s1. The van der Waals surface area contributed by atoms with E-state index in [9.17, 15) is 27.2 Å². The number of nitrogens with one attached hydrogen (secondary N) is 1. The lowest BCUT2D eigenvalue weighted by atomic mass is 9.96. The summed E-state index contributed by atoms with van der Waals surface area (Å²) in [6.07, 6.45) is -0.693. The summed E-state index contributed by atoms with van der Waals surface area (Å²) in [4.78, 5) is 29.3. The number of hydrogen-bond donors (Lipinski definition) is 1. The zero-order valence-electron chi connectivity index (χ0n) is 20.9. The van der Waals surface area contributed by atoms with Gasteiger partial charge in [-0.05, 0) is 41.3 Å². The first-order chi connectivity index (χ1) is 18.7. The molecular formula is C30H27F4N3O2. The molecule has 2 aliphatic rings. The lowest BCUT2D eigenvalue weighted by Gasteiger charge is -2.35. The van der Waals surface area contributed by atoms with Gasteiger partial charge in [0.05, 0.1) is 11.6 Å². The summed E-state index contributed by atoms with van der Waals surface area (Å²) in [5, 5.41) is 2.98. The molecule has 39 heavy (non-hydrogen) atoms. The van der Waals surface area contributed by atoms with E-state index in [1.165, 1.54) is 58.3 Å². The second-order valence-electron chi connectivity index (χ2n) is 9.80. The number of alkyl halides is 3. The highest BCUT2D eigenvalue weighted by Crippen LogP contribution is 2.41. The van der Waals surface area contributed by atoms with Crippen LogP contribution in [0, 0.1) is 5.82 Å². The average molecular weight is 538 g/mol. The van der Waals surface area contributed by atoms with Crippen LogP contribution in [0.15, 0.2) is 91.0 Å². The highest BCUT2D eigenvalue weighted by Gasteiger charge is 2.41. The second-order valence-corrected chi connectivity index (χ2v) is 9.80. The van der Waals surface area contributed by atoms with Crippen LogP contribution in [0.25, 0.3) is 0 Å². The van der Waals surface area contributed by atoms with Gasteiger partial charge in [0.15, 0.2) is 0 Å². The van der Waals surface area contributed by atoms with Crippen LogP contribution in [0.3, 0.4) is 0 Å². The topological polar surface area (TPSA) is 52.7 Å². The van der Waals surface area contributed by atoms with Crippen LogP contribution < -0.4 is 5.32 Å². The van der Waals surface area contributed by atoms with Crippen LogP contribution in [0.4, 0.5) is 22.4 Å². The molecule has 0 saturated heterocycles. The number of hydrogen-bond acceptors (Lipinski definition) is 2. The molecule has 1 unspecified atom stereocenters. The van der Waals surface area contributed by atoms with Crippen molar-refractivity contribution in [3.63, 3.8) is 0 Å². The van der Waals surface area contributed by atoms with Gasteiger partial charge in [-0.2, -0.15) is 13.2 Å². The number of benzene rings is 3. The van der Waals surface area contributed by atoms with E-state index < -0.39 is 35.5 Å². The lowest BCUT2D eigenvalue weighted by molar-refractivity contribution is -0.141. The van der Waals surface area contributed by atoms with Gasteiger partial charge in [-0.1, -0.05) is 72.8 Å². The van der Waals surface area contributed by atoms with Crippen molar-refractivity contribution in [3.05, 3.63) is 119 Å². The van der Waals surface area contributed by atoms with Gasteiger partial charge in [-0.3, -0.25) is 4.79 Å². The molecule has 1 heterocycles. The maximum Gasteiger partial charge on any atom is 0.416 e. The lowest BCUT2D eigenvalue weighted by Crippen LogP contribution is -2.49. The Morgan fingerprint density at radius 3 is 2.36 bits per heavy atom. The first kappa shape index (κ1) is 26.5. The van der Waals surface area contributed by atoms with Gasteiger partial charge < -0.3 is 15.1 Å². The Labute approximate surface area is 223 Å². The van der Waals surface area contributed by atoms with E-state index in [1.54, 1.807) is 6.08 Å². The summed E-state index contributed by atoms with van der Waals surface area (Å²) < 4.78 is 55.2. The number of nitrogens with zero attached hydrogens (tertiary/aromatic N) is 2. The van der Waals surface area contributed by atoms with Gasteiger partial charge >= 0.3 is 12.2 Å². The number of rotatable bonds is 5. The molecule has 1 saturated carbocycles. The highest BCUT2D eigenvalue weighted by atomic mass is 19.4. The van der Waals surface area contributed by atoms with Crippen LogP contribution in [0.5, 0.6) is 0 Å². The van der Waals surface area contributed by atoms with Crippen molar-refractivity contribution in [1.82, 2.24) is 15.1 Å². The molecule has 1 aliphatic heterocycles. The molecule has 3 atom stereocenters. The third kappa shape index (κ3) is 6.13. The molecule has 5 nitrogen and oxygen atoms in total. The van der Waals surface area contributed by atoms with E-state index in [2.05, 4.69) is 5.32 Å². The van der Waals surface area contributed by atoms with Crippen molar-refractivity contribution in [2.45, 2.75) is 37.1 Å². The van der Waals surface area contributed by atoms with Gasteiger partial charge in [0.25, 0.3) is 0 Å². The fourth-order valence-electron chi connectivity index (χ4n) is 4.98. The van der Waals surface area contributed by atoms with E-state index in [0.717, 1.165) is 18.1 Å². The maximum absolute atomic E-state index is 13.9. The number of urea groups is 1. The molecular weight excluding hydrogens is 510 g/mol. The van der Waals surface area contributed by atoms with Crippen LogP contribution in [-0.4, -0.2) is 40.9 Å².